The summed E-state index contributed by atoms with van der Waals surface area (Å²) < 4.78 is 5.79. The molecular formula is C12H12N2O3S2. The largest absolute Gasteiger partial charge is 0.481 e. The number of carboxylic acids is 1. The van der Waals surface area contributed by atoms with Gasteiger partial charge in [0.1, 0.15) is 4.88 Å². The van der Waals surface area contributed by atoms with Gasteiger partial charge in [-0.3, -0.25) is 0 Å². The molecule has 0 spiro atoms. The van der Waals surface area contributed by atoms with Gasteiger partial charge in [0.2, 0.25) is 5.88 Å². The van der Waals surface area contributed by atoms with Crippen molar-refractivity contribution >= 4 is 29.1 Å². The first-order valence-electron chi connectivity index (χ1n) is 5.43. The van der Waals surface area contributed by atoms with Crippen LogP contribution in [-0.4, -0.2) is 28.2 Å². The molecule has 2 aromatic rings. The summed E-state index contributed by atoms with van der Waals surface area (Å²) in [5.41, 5.74) is 1.42. The van der Waals surface area contributed by atoms with Crippen molar-refractivity contribution in [2.24, 2.45) is 0 Å². The zero-order valence-corrected chi connectivity index (χ0v) is 12.0. The fourth-order valence-electron chi connectivity index (χ4n) is 1.42. The zero-order valence-electron chi connectivity index (χ0n) is 10.4. The number of aromatic carboxylic acids is 1. The minimum atomic E-state index is -0.929. The molecule has 0 saturated heterocycles. The van der Waals surface area contributed by atoms with Crippen molar-refractivity contribution in [2.45, 2.75) is 17.0 Å². The number of ether oxygens (including phenoxy) is 1. The van der Waals surface area contributed by atoms with E-state index in [-0.39, 0.29) is 0 Å². The van der Waals surface area contributed by atoms with E-state index in [1.807, 2.05) is 12.1 Å². The lowest BCUT2D eigenvalue weighted by Crippen LogP contribution is -1.94. The van der Waals surface area contributed by atoms with E-state index >= 15 is 0 Å². The minimum Gasteiger partial charge on any atom is -0.481 e. The SMILES string of the molecule is COc1cccc(CSc2nc(C)c(C(=O)O)s2)n1. The van der Waals surface area contributed by atoms with Gasteiger partial charge < -0.3 is 9.84 Å². The second-order valence-corrected chi connectivity index (χ2v) is 5.88. The number of methoxy groups -OCH3 is 1. The van der Waals surface area contributed by atoms with Crippen LogP contribution >= 0.6 is 23.1 Å². The maximum absolute atomic E-state index is 10.9. The summed E-state index contributed by atoms with van der Waals surface area (Å²) in [5.74, 6) is 0.268. The predicted molar refractivity (Wildman–Crippen MR) is 74.2 cm³/mol. The number of rotatable bonds is 5. The van der Waals surface area contributed by atoms with Crippen LogP contribution in [0.4, 0.5) is 0 Å². The molecule has 0 atom stereocenters. The highest BCUT2D eigenvalue weighted by Crippen LogP contribution is 2.29. The Balaban J connectivity index is 2.06. The maximum atomic E-state index is 10.9. The number of carbonyl (C=O) groups is 1. The highest BCUT2D eigenvalue weighted by atomic mass is 32.2. The molecule has 0 amide bonds. The van der Waals surface area contributed by atoms with E-state index in [0.29, 0.717) is 22.2 Å². The van der Waals surface area contributed by atoms with Gasteiger partial charge >= 0.3 is 5.97 Å². The third-order valence-electron chi connectivity index (χ3n) is 2.31. The summed E-state index contributed by atoms with van der Waals surface area (Å²) in [6, 6.07) is 5.55. The Hall–Kier alpha value is -1.60. The van der Waals surface area contributed by atoms with Gasteiger partial charge in [-0.1, -0.05) is 17.8 Å². The molecule has 7 heteroatoms. The average molecular weight is 296 g/mol. The second kappa shape index (κ2) is 6.03. The molecule has 19 heavy (non-hydrogen) atoms. The van der Waals surface area contributed by atoms with Crippen LogP contribution in [0.3, 0.4) is 0 Å². The number of nitrogens with zero attached hydrogens (tertiary/aromatic N) is 2. The van der Waals surface area contributed by atoms with Gasteiger partial charge in [-0.25, -0.2) is 14.8 Å². The van der Waals surface area contributed by atoms with E-state index in [2.05, 4.69) is 9.97 Å². The average Bonchev–Trinajstić information content (AvgIpc) is 2.78. The highest BCUT2D eigenvalue weighted by Gasteiger charge is 2.14. The smallest absolute Gasteiger partial charge is 0.347 e. The van der Waals surface area contributed by atoms with Crippen molar-refractivity contribution in [1.29, 1.82) is 0 Å². The number of hydrogen-bond acceptors (Lipinski definition) is 6. The van der Waals surface area contributed by atoms with Crippen molar-refractivity contribution < 1.29 is 14.6 Å². The number of aromatic nitrogens is 2. The summed E-state index contributed by atoms with van der Waals surface area (Å²) in [6.45, 7) is 1.70. The zero-order chi connectivity index (χ0) is 13.8. The monoisotopic (exact) mass is 296 g/mol. The summed E-state index contributed by atoms with van der Waals surface area (Å²) in [6.07, 6.45) is 0. The number of carboxylic acid groups (broad SMARTS) is 1. The molecule has 0 aromatic carbocycles. The Kier molecular flexibility index (Phi) is 4.39. The van der Waals surface area contributed by atoms with Gasteiger partial charge in [0.15, 0.2) is 4.34 Å². The predicted octanol–water partition coefficient (Wildman–Crippen LogP) is 2.85. The van der Waals surface area contributed by atoms with Crippen LogP contribution in [-0.2, 0) is 5.75 Å². The second-order valence-electron chi connectivity index (χ2n) is 3.66. The van der Waals surface area contributed by atoms with E-state index in [9.17, 15) is 4.79 Å². The van der Waals surface area contributed by atoms with Crippen LogP contribution in [0, 0.1) is 6.92 Å². The van der Waals surface area contributed by atoms with E-state index in [4.69, 9.17) is 9.84 Å². The van der Waals surface area contributed by atoms with E-state index in [1.54, 1.807) is 20.1 Å². The quantitative estimate of drug-likeness (QED) is 0.855. The first kappa shape index (κ1) is 13.8. The molecule has 0 fully saturated rings. The van der Waals surface area contributed by atoms with Crippen molar-refractivity contribution in [3.05, 3.63) is 34.5 Å². The Bertz CT molecular complexity index is 598. The number of hydrogen-bond donors (Lipinski definition) is 1. The van der Waals surface area contributed by atoms with E-state index in [0.717, 1.165) is 10.0 Å². The fourth-order valence-corrected chi connectivity index (χ4v) is 3.35. The molecule has 100 valence electrons. The van der Waals surface area contributed by atoms with E-state index < -0.39 is 5.97 Å². The Labute approximate surface area is 118 Å². The normalized spacial score (nSPS) is 10.4. The van der Waals surface area contributed by atoms with Crippen LogP contribution in [0.15, 0.2) is 22.5 Å². The lowest BCUT2D eigenvalue weighted by atomic mass is 10.4. The molecule has 2 rings (SSSR count). The maximum Gasteiger partial charge on any atom is 0.347 e. The first-order chi connectivity index (χ1) is 9.10. The van der Waals surface area contributed by atoms with Crippen molar-refractivity contribution in [1.82, 2.24) is 9.97 Å². The highest BCUT2D eigenvalue weighted by molar-refractivity contribution is 8.00. The van der Waals surface area contributed by atoms with Crippen molar-refractivity contribution in [2.75, 3.05) is 7.11 Å². The standard InChI is InChI=1S/C12H12N2O3S2/c1-7-10(11(15)16)19-12(13-7)18-6-8-4-3-5-9(14-8)17-2/h3-5H,6H2,1-2H3,(H,15,16). The molecule has 2 aromatic heterocycles. The summed E-state index contributed by atoms with van der Waals surface area (Å²) in [4.78, 5) is 19.7. The summed E-state index contributed by atoms with van der Waals surface area (Å²) in [5, 5.41) is 8.96. The third-order valence-corrected chi connectivity index (χ3v) is 4.63. The molecule has 0 aliphatic rings. The Morgan fingerprint density at radius 1 is 1.47 bits per heavy atom. The Morgan fingerprint density at radius 3 is 2.89 bits per heavy atom. The van der Waals surface area contributed by atoms with Crippen molar-refractivity contribution in [3.8, 4) is 5.88 Å². The van der Waals surface area contributed by atoms with Crippen LogP contribution in [0.2, 0.25) is 0 Å². The summed E-state index contributed by atoms with van der Waals surface area (Å²) in [7, 11) is 1.57. The van der Waals surface area contributed by atoms with Crippen LogP contribution in [0.1, 0.15) is 21.1 Å². The molecule has 0 saturated carbocycles. The molecule has 0 bridgehead atoms. The van der Waals surface area contributed by atoms with Gasteiger partial charge in [0, 0.05) is 11.8 Å². The minimum absolute atomic E-state index is 0.293. The molecule has 5 nitrogen and oxygen atoms in total. The molecular weight excluding hydrogens is 284 g/mol. The number of aryl methyl sites for hydroxylation is 1. The topological polar surface area (TPSA) is 72.3 Å². The number of thiazole rings is 1. The van der Waals surface area contributed by atoms with E-state index in [1.165, 1.54) is 23.1 Å². The van der Waals surface area contributed by atoms with Gasteiger partial charge in [-0.2, -0.15) is 0 Å². The van der Waals surface area contributed by atoms with Crippen molar-refractivity contribution in [3.63, 3.8) is 0 Å². The molecule has 1 N–H and O–H groups in total. The molecule has 0 aliphatic carbocycles. The number of thioether (sulfide) groups is 1. The Morgan fingerprint density at radius 2 is 2.26 bits per heavy atom. The molecule has 0 radical (unpaired) electrons. The van der Waals surface area contributed by atoms with Gasteiger partial charge in [0.05, 0.1) is 18.5 Å². The van der Waals surface area contributed by atoms with Gasteiger partial charge in [-0.15, -0.1) is 11.3 Å². The lowest BCUT2D eigenvalue weighted by Gasteiger charge is -2.01. The lowest BCUT2D eigenvalue weighted by molar-refractivity contribution is 0.0701. The fraction of sp³-hybridized carbons (Fsp3) is 0.250. The van der Waals surface area contributed by atoms with Crippen LogP contribution in [0.25, 0.3) is 0 Å². The molecule has 2 heterocycles. The van der Waals surface area contributed by atoms with Crippen LogP contribution < -0.4 is 4.74 Å². The number of pyridine rings is 1. The third kappa shape index (κ3) is 3.45. The summed E-state index contributed by atoms with van der Waals surface area (Å²) >= 11 is 2.66. The molecule has 0 unspecified atom stereocenters. The van der Waals surface area contributed by atoms with Gasteiger partial charge in [-0.05, 0) is 13.0 Å². The van der Waals surface area contributed by atoms with Gasteiger partial charge in [0.25, 0.3) is 0 Å². The van der Waals surface area contributed by atoms with Crippen LogP contribution in [0.5, 0.6) is 5.88 Å². The first-order valence-corrected chi connectivity index (χ1v) is 7.24. The molecule has 0 aliphatic heterocycles.